The van der Waals surface area contributed by atoms with E-state index in [1.807, 2.05) is 39.4 Å². The fourth-order valence-corrected chi connectivity index (χ4v) is 4.80. The highest BCUT2D eigenvalue weighted by molar-refractivity contribution is 7.10. The lowest BCUT2D eigenvalue weighted by Gasteiger charge is -2.27. The lowest BCUT2D eigenvalue weighted by molar-refractivity contribution is 0.0938. The van der Waals surface area contributed by atoms with Crippen LogP contribution in [0.15, 0.2) is 22.3 Å². The number of fused-ring (bicyclic) bond motifs is 1. The van der Waals surface area contributed by atoms with Gasteiger partial charge >= 0.3 is 0 Å². The summed E-state index contributed by atoms with van der Waals surface area (Å²) < 4.78 is 7.03. The van der Waals surface area contributed by atoms with Crippen LogP contribution in [0.5, 0.6) is 0 Å². The quantitative estimate of drug-likeness (QED) is 0.713. The van der Waals surface area contributed by atoms with E-state index >= 15 is 0 Å². The first-order valence-electron chi connectivity index (χ1n) is 9.45. The molecule has 1 atom stereocenters. The van der Waals surface area contributed by atoms with E-state index in [-0.39, 0.29) is 11.9 Å². The number of nitrogens with zero attached hydrogens (tertiary/aromatic N) is 4. The minimum absolute atomic E-state index is 0.00646. The van der Waals surface area contributed by atoms with Crippen LogP contribution < -0.4 is 5.32 Å². The van der Waals surface area contributed by atoms with Gasteiger partial charge in [0, 0.05) is 54.3 Å². The summed E-state index contributed by atoms with van der Waals surface area (Å²) in [5.41, 5.74) is 5.14. The number of aryl methyl sites for hydroxylation is 3. The van der Waals surface area contributed by atoms with Crippen molar-refractivity contribution in [2.24, 2.45) is 7.05 Å². The molecule has 0 aromatic carbocycles. The van der Waals surface area contributed by atoms with Crippen LogP contribution in [0.2, 0.25) is 0 Å². The first-order valence-corrected chi connectivity index (χ1v) is 10.3. The van der Waals surface area contributed by atoms with Gasteiger partial charge in [0.25, 0.3) is 5.91 Å². The molecule has 8 heteroatoms. The number of hydrogen-bond acceptors (Lipinski definition) is 6. The molecule has 0 fully saturated rings. The number of rotatable bonds is 5. The van der Waals surface area contributed by atoms with E-state index in [1.54, 1.807) is 22.2 Å². The Balaban J connectivity index is 1.44. The molecule has 3 aromatic rings. The van der Waals surface area contributed by atoms with Gasteiger partial charge in [0.15, 0.2) is 0 Å². The largest absolute Gasteiger partial charge is 0.361 e. The van der Waals surface area contributed by atoms with E-state index in [9.17, 15) is 4.79 Å². The summed E-state index contributed by atoms with van der Waals surface area (Å²) in [7, 11) is 1.88. The molecule has 1 aliphatic heterocycles. The van der Waals surface area contributed by atoms with Crippen molar-refractivity contribution in [1.29, 1.82) is 0 Å². The van der Waals surface area contributed by atoms with Crippen molar-refractivity contribution in [3.8, 4) is 0 Å². The number of nitrogens with one attached hydrogen (secondary N) is 1. The van der Waals surface area contributed by atoms with Crippen LogP contribution in [0.1, 0.15) is 56.3 Å². The van der Waals surface area contributed by atoms with Gasteiger partial charge in [-0.3, -0.25) is 14.4 Å². The lowest BCUT2D eigenvalue weighted by Crippen LogP contribution is -2.32. The third kappa shape index (κ3) is 3.62. The normalized spacial score (nSPS) is 15.4. The maximum atomic E-state index is 12.8. The Morgan fingerprint density at radius 2 is 2.25 bits per heavy atom. The molecule has 1 N–H and O–H groups in total. The number of carbonyl (C=O) groups excluding carboxylic acids is 1. The van der Waals surface area contributed by atoms with Crippen molar-refractivity contribution < 1.29 is 9.32 Å². The zero-order valence-corrected chi connectivity index (χ0v) is 17.5. The Hall–Kier alpha value is -2.45. The van der Waals surface area contributed by atoms with Gasteiger partial charge in [-0.05, 0) is 32.8 Å². The predicted molar refractivity (Wildman–Crippen MR) is 107 cm³/mol. The molecule has 3 aromatic heterocycles. The molecule has 1 amide bonds. The molecule has 0 unspecified atom stereocenters. The van der Waals surface area contributed by atoms with Gasteiger partial charge in [0.05, 0.1) is 23.5 Å². The van der Waals surface area contributed by atoms with Crippen molar-refractivity contribution >= 4 is 17.2 Å². The summed E-state index contributed by atoms with van der Waals surface area (Å²) in [5.74, 6) is 0.881. The Labute approximate surface area is 168 Å². The predicted octanol–water partition coefficient (Wildman–Crippen LogP) is 3.14. The molecule has 28 heavy (non-hydrogen) atoms. The highest BCUT2D eigenvalue weighted by Crippen LogP contribution is 2.30. The molecule has 148 valence electrons. The van der Waals surface area contributed by atoms with Gasteiger partial charge in [-0.1, -0.05) is 5.16 Å². The van der Waals surface area contributed by atoms with E-state index in [0.29, 0.717) is 0 Å². The molecule has 0 bridgehead atoms. The molecule has 4 rings (SSSR count). The van der Waals surface area contributed by atoms with Crippen LogP contribution >= 0.6 is 11.3 Å². The first-order chi connectivity index (χ1) is 13.4. The summed E-state index contributed by atoms with van der Waals surface area (Å²) in [4.78, 5) is 16.5. The SMILES string of the molecule is Cc1noc(C)c1CN1CCc2c(C(=O)N[C@@H](C)c3cnn(C)c3)csc2C1. The number of amides is 1. The molecule has 0 aliphatic carbocycles. The average Bonchev–Trinajstić information content (AvgIpc) is 3.36. The van der Waals surface area contributed by atoms with Gasteiger partial charge in [-0.2, -0.15) is 5.10 Å². The number of thiophene rings is 1. The highest BCUT2D eigenvalue weighted by Gasteiger charge is 2.26. The minimum atomic E-state index is -0.0728. The molecular weight excluding hydrogens is 374 g/mol. The van der Waals surface area contributed by atoms with E-state index in [1.165, 1.54) is 16.0 Å². The third-order valence-corrected chi connectivity index (χ3v) is 6.42. The molecule has 4 heterocycles. The van der Waals surface area contributed by atoms with E-state index in [0.717, 1.165) is 48.6 Å². The van der Waals surface area contributed by atoms with Gasteiger partial charge in [-0.25, -0.2) is 0 Å². The minimum Gasteiger partial charge on any atom is -0.361 e. The second-order valence-electron chi connectivity index (χ2n) is 7.46. The van der Waals surface area contributed by atoms with Crippen molar-refractivity contribution in [3.05, 3.63) is 56.4 Å². The van der Waals surface area contributed by atoms with Crippen LogP contribution in [0.25, 0.3) is 0 Å². The zero-order valence-electron chi connectivity index (χ0n) is 16.7. The molecule has 1 aliphatic rings. The Morgan fingerprint density at radius 1 is 1.43 bits per heavy atom. The number of carbonyl (C=O) groups is 1. The third-order valence-electron chi connectivity index (χ3n) is 5.41. The van der Waals surface area contributed by atoms with E-state index in [4.69, 9.17) is 4.52 Å². The van der Waals surface area contributed by atoms with Crippen LogP contribution in [0.3, 0.4) is 0 Å². The van der Waals surface area contributed by atoms with Crippen molar-refractivity contribution in [2.75, 3.05) is 6.54 Å². The summed E-state index contributed by atoms with van der Waals surface area (Å²) in [6.45, 7) is 8.54. The molecule has 7 nitrogen and oxygen atoms in total. The smallest absolute Gasteiger partial charge is 0.252 e. The molecule has 0 spiro atoms. The summed E-state index contributed by atoms with van der Waals surface area (Å²) in [6, 6.07) is -0.0728. The Morgan fingerprint density at radius 3 is 2.93 bits per heavy atom. The van der Waals surface area contributed by atoms with Gasteiger partial charge in [0.1, 0.15) is 5.76 Å². The van der Waals surface area contributed by atoms with Crippen LogP contribution in [-0.2, 0) is 26.6 Å². The molecule has 0 saturated carbocycles. The topological polar surface area (TPSA) is 76.2 Å². The summed E-state index contributed by atoms with van der Waals surface area (Å²) >= 11 is 1.67. The average molecular weight is 400 g/mol. The Kier molecular flexibility index (Phi) is 5.07. The van der Waals surface area contributed by atoms with Crippen molar-refractivity contribution in [1.82, 2.24) is 25.2 Å². The fraction of sp³-hybridized carbons (Fsp3) is 0.450. The zero-order chi connectivity index (χ0) is 19.8. The molecular formula is C20H25N5O2S. The van der Waals surface area contributed by atoms with E-state index in [2.05, 4.69) is 20.5 Å². The lowest BCUT2D eigenvalue weighted by atomic mass is 10.0. The van der Waals surface area contributed by atoms with Crippen LogP contribution in [0.4, 0.5) is 0 Å². The monoisotopic (exact) mass is 399 g/mol. The maximum absolute atomic E-state index is 12.8. The first kappa shape index (κ1) is 18.9. The molecule has 0 saturated heterocycles. The van der Waals surface area contributed by atoms with Gasteiger partial charge < -0.3 is 9.84 Å². The number of hydrogen-bond donors (Lipinski definition) is 1. The van der Waals surface area contributed by atoms with Crippen molar-refractivity contribution in [2.45, 2.75) is 46.3 Å². The maximum Gasteiger partial charge on any atom is 0.252 e. The van der Waals surface area contributed by atoms with Crippen LogP contribution in [0, 0.1) is 13.8 Å². The number of aromatic nitrogens is 3. The Bertz CT molecular complexity index is 983. The second kappa shape index (κ2) is 7.52. The second-order valence-corrected chi connectivity index (χ2v) is 8.42. The van der Waals surface area contributed by atoms with Crippen molar-refractivity contribution in [3.63, 3.8) is 0 Å². The standard InChI is InChI=1S/C20H25N5O2S/c1-12(15-7-21-24(4)8-15)22-20(26)18-11-28-19-10-25(6-5-16(18)19)9-17-13(2)23-27-14(17)3/h7-8,11-12H,5-6,9-10H2,1-4H3,(H,22,26)/t12-/m0/s1. The van der Waals surface area contributed by atoms with Gasteiger partial charge in [0.2, 0.25) is 0 Å². The highest BCUT2D eigenvalue weighted by atomic mass is 32.1. The van der Waals surface area contributed by atoms with Gasteiger partial charge in [-0.15, -0.1) is 11.3 Å². The summed E-state index contributed by atoms with van der Waals surface area (Å²) in [5, 5.41) is 13.3. The van der Waals surface area contributed by atoms with E-state index < -0.39 is 0 Å². The summed E-state index contributed by atoms with van der Waals surface area (Å²) in [6.07, 6.45) is 4.60. The van der Waals surface area contributed by atoms with Crippen LogP contribution in [-0.4, -0.2) is 32.3 Å². The molecule has 0 radical (unpaired) electrons. The fourth-order valence-electron chi connectivity index (χ4n) is 3.68.